The van der Waals surface area contributed by atoms with Gasteiger partial charge in [0, 0.05) is 17.8 Å². The molecule has 0 saturated heterocycles. The van der Waals surface area contributed by atoms with Crippen molar-refractivity contribution in [3.8, 4) is 5.75 Å². The van der Waals surface area contributed by atoms with E-state index in [1.165, 1.54) is 0 Å². The summed E-state index contributed by atoms with van der Waals surface area (Å²) in [4.78, 5) is 11.9. The molecule has 0 spiro atoms. The number of rotatable bonds is 6. The van der Waals surface area contributed by atoms with Crippen molar-refractivity contribution in [1.82, 2.24) is 0 Å². The molecule has 0 fully saturated rings. The van der Waals surface area contributed by atoms with Crippen LogP contribution in [0, 0.1) is 0 Å². The maximum atomic E-state index is 11.9. The van der Waals surface area contributed by atoms with E-state index in [9.17, 15) is 4.79 Å². The highest BCUT2D eigenvalue weighted by molar-refractivity contribution is 5.90. The Bertz CT molecular complexity index is 594. The molecule has 0 aliphatic rings. The van der Waals surface area contributed by atoms with Crippen molar-refractivity contribution in [2.45, 2.75) is 19.8 Å². The molecule has 21 heavy (non-hydrogen) atoms. The SMILES string of the molecule is CCOc1ccc(NC(=O)CCc2ccccc2N)cc1. The molecule has 110 valence electrons. The number of para-hydroxylation sites is 1. The fraction of sp³-hybridized carbons (Fsp3) is 0.235. The summed E-state index contributed by atoms with van der Waals surface area (Å²) in [5.74, 6) is 0.773. The molecule has 2 rings (SSSR count). The minimum Gasteiger partial charge on any atom is -0.494 e. The number of benzene rings is 2. The number of aryl methyl sites for hydroxylation is 1. The highest BCUT2D eigenvalue weighted by atomic mass is 16.5. The van der Waals surface area contributed by atoms with Gasteiger partial charge in [-0.05, 0) is 49.2 Å². The summed E-state index contributed by atoms with van der Waals surface area (Å²) < 4.78 is 5.36. The number of carbonyl (C=O) groups is 1. The van der Waals surface area contributed by atoms with Crippen LogP contribution in [0.4, 0.5) is 11.4 Å². The second-order valence-electron chi connectivity index (χ2n) is 4.70. The van der Waals surface area contributed by atoms with Gasteiger partial charge in [-0.3, -0.25) is 4.79 Å². The molecule has 0 aromatic heterocycles. The normalized spacial score (nSPS) is 10.1. The minimum absolute atomic E-state index is 0.0255. The zero-order valence-corrected chi connectivity index (χ0v) is 12.1. The van der Waals surface area contributed by atoms with Gasteiger partial charge < -0.3 is 15.8 Å². The average molecular weight is 284 g/mol. The largest absolute Gasteiger partial charge is 0.494 e. The van der Waals surface area contributed by atoms with Crippen molar-refractivity contribution in [3.63, 3.8) is 0 Å². The summed E-state index contributed by atoms with van der Waals surface area (Å²) in [7, 11) is 0. The van der Waals surface area contributed by atoms with Gasteiger partial charge >= 0.3 is 0 Å². The number of carbonyl (C=O) groups excluding carboxylic acids is 1. The summed E-state index contributed by atoms with van der Waals surface area (Å²) in [5, 5.41) is 2.87. The molecule has 4 heteroatoms. The molecule has 3 N–H and O–H groups in total. The lowest BCUT2D eigenvalue weighted by molar-refractivity contribution is -0.116. The second-order valence-corrected chi connectivity index (χ2v) is 4.70. The zero-order chi connectivity index (χ0) is 15.1. The lowest BCUT2D eigenvalue weighted by atomic mass is 10.1. The zero-order valence-electron chi connectivity index (χ0n) is 12.1. The molecule has 0 aliphatic heterocycles. The van der Waals surface area contributed by atoms with Crippen LogP contribution in [0.1, 0.15) is 18.9 Å². The highest BCUT2D eigenvalue weighted by Gasteiger charge is 2.05. The van der Waals surface area contributed by atoms with Gasteiger partial charge in [0.05, 0.1) is 6.61 Å². The molecule has 4 nitrogen and oxygen atoms in total. The second kappa shape index (κ2) is 7.33. The molecule has 0 bridgehead atoms. The molecule has 0 heterocycles. The summed E-state index contributed by atoms with van der Waals surface area (Å²) in [6.07, 6.45) is 1.04. The maximum Gasteiger partial charge on any atom is 0.224 e. The molecule has 0 radical (unpaired) electrons. The predicted molar refractivity (Wildman–Crippen MR) is 85.4 cm³/mol. The van der Waals surface area contributed by atoms with Crippen LogP contribution in [0.5, 0.6) is 5.75 Å². The number of nitrogens with one attached hydrogen (secondary N) is 1. The molecule has 2 aromatic carbocycles. The molecular weight excluding hydrogens is 264 g/mol. The Balaban J connectivity index is 1.85. The van der Waals surface area contributed by atoms with Gasteiger partial charge in [-0.1, -0.05) is 18.2 Å². The van der Waals surface area contributed by atoms with E-state index in [0.717, 1.165) is 22.7 Å². The van der Waals surface area contributed by atoms with Crippen molar-refractivity contribution < 1.29 is 9.53 Å². The molecule has 1 amide bonds. The van der Waals surface area contributed by atoms with Crippen molar-refractivity contribution in [2.24, 2.45) is 0 Å². The fourth-order valence-corrected chi connectivity index (χ4v) is 2.03. The number of hydrogen-bond acceptors (Lipinski definition) is 3. The van der Waals surface area contributed by atoms with Crippen LogP contribution in [0.25, 0.3) is 0 Å². The van der Waals surface area contributed by atoms with E-state index >= 15 is 0 Å². The Morgan fingerprint density at radius 1 is 1.14 bits per heavy atom. The number of nitrogens with two attached hydrogens (primary N) is 1. The van der Waals surface area contributed by atoms with Crippen molar-refractivity contribution in [3.05, 3.63) is 54.1 Å². The molecule has 0 saturated carbocycles. The Morgan fingerprint density at radius 2 is 1.86 bits per heavy atom. The van der Waals surface area contributed by atoms with Gasteiger partial charge in [-0.15, -0.1) is 0 Å². The Morgan fingerprint density at radius 3 is 2.52 bits per heavy atom. The number of hydrogen-bond donors (Lipinski definition) is 2. The Labute approximate surface area is 124 Å². The maximum absolute atomic E-state index is 11.9. The van der Waals surface area contributed by atoms with E-state index in [1.54, 1.807) is 0 Å². The van der Waals surface area contributed by atoms with Crippen molar-refractivity contribution in [2.75, 3.05) is 17.7 Å². The number of nitrogen functional groups attached to an aromatic ring is 1. The van der Waals surface area contributed by atoms with Gasteiger partial charge in [-0.2, -0.15) is 0 Å². The lowest BCUT2D eigenvalue weighted by Crippen LogP contribution is -2.12. The van der Waals surface area contributed by atoms with E-state index in [0.29, 0.717) is 19.4 Å². The van der Waals surface area contributed by atoms with E-state index < -0.39 is 0 Å². The van der Waals surface area contributed by atoms with E-state index in [4.69, 9.17) is 10.5 Å². The van der Waals surface area contributed by atoms with Crippen LogP contribution >= 0.6 is 0 Å². The summed E-state index contributed by atoms with van der Waals surface area (Å²) in [6.45, 7) is 2.56. The van der Waals surface area contributed by atoms with Gasteiger partial charge in [0.25, 0.3) is 0 Å². The average Bonchev–Trinajstić information content (AvgIpc) is 2.49. The van der Waals surface area contributed by atoms with Crippen molar-refractivity contribution >= 4 is 17.3 Å². The topological polar surface area (TPSA) is 64.3 Å². The fourth-order valence-electron chi connectivity index (χ4n) is 2.03. The first kappa shape index (κ1) is 14.9. The first-order chi connectivity index (χ1) is 10.2. The van der Waals surface area contributed by atoms with E-state index in [2.05, 4.69) is 5.32 Å². The highest BCUT2D eigenvalue weighted by Crippen LogP contribution is 2.17. The monoisotopic (exact) mass is 284 g/mol. The van der Waals surface area contributed by atoms with Crippen LogP contribution in [-0.2, 0) is 11.2 Å². The standard InChI is InChI=1S/C17H20N2O2/c1-2-21-15-10-8-14(9-11-15)19-17(20)12-7-13-5-3-4-6-16(13)18/h3-6,8-11H,2,7,12,18H2,1H3,(H,19,20). The first-order valence-electron chi connectivity index (χ1n) is 7.05. The van der Waals surface area contributed by atoms with Gasteiger partial charge in [0.2, 0.25) is 5.91 Å². The number of amides is 1. The predicted octanol–water partition coefficient (Wildman–Crippen LogP) is 3.24. The summed E-state index contributed by atoms with van der Waals surface area (Å²) in [5.41, 5.74) is 8.35. The smallest absolute Gasteiger partial charge is 0.224 e. The first-order valence-corrected chi connectivity index (χ1v) is 7.05. The Kier molecular flexibility index (Phi) is 5.21. The number of ether oxygens (including phenoxy) is 1. The lowest BCUT2D eigenvalue weighted by Gasteiger charge is -2.08. The number of anilines is 2. The van der Waals surface area contributed by atoms with Crippen LogP contribution in [-0.4, -0.2) is 12.5 Å². The summed E-state index contributed by atoms with van der Waals surface area (Å²) >= 11 is 0. The van der Waals surface area contributed by atoms with E-state index in [-0.39, 0.29) is 5.91 Å². The third-order valence-electron chi connectivity index (χ3n) is 3.13. The van der Waals surface area contributed by atoms with Gasteiger partial charge in [0.1, 0.15) is 5.75 Å². The van der Waals surface area contributed by atoms with Crippen LogP contribution in [0.15, 0.2) is 48.5 Å². The summed E-state index contributed by atoms with van der Waals surface area (Å²) in [6, 6.07) is 15.0. The molecule has 0 unspecified atom stereocenters. The molecular formula is C17H20N2O2. The molecule has 0 aliphatic carbocycles. The van der Waals surface area contributed by atoms with E-state index in [1.807, 2.05) is 55.5 Å². The van der Waals surface area contributed by atoms with Gasteiger partial charge in [0.15, 0.2) is 0 Å². The third-order valence-corrected chi connectivity index (χ3v) is 3.13. The minimum atomic E-state index is -0.0255. The third kappa shape index (κ3) is 4.53. The van der Waals surface area contributed by atoms with Crippen molar-refractivity contribution in [1.29, 1.82) is 0 Å². The quantitative estimate of drug-likeness (QED) is 0.800. The van der Waals surface area contributed by atoms with Crippen LogP contribution in [0.2, 0.25) is 0 Å². The Hall–Kier alpha value is -2.49. The van der Waals surface area contributed by atoms with Crippen LogP contribution in [0.3, 0.4) is 0 Å². The molecule has 0 atom stereocenters. The van der Waals surface area contributed by atoms with Gasteiger partial charge in [-0.25, -0.2) is 0 Å². The molecule has 2 aromatic rings. The van der Waals surface area contributed by atoms with Crippen LogP contribution < -0.4 is 15.8 Å².